The normalized spacial score (nSPS) is 43.9. The second-order valence-electron chi connectivity index (χ2n) is 19.8. The molecule has 10 nitrogen and oxygen atoms in total. The van der Waals surface area contributed by atoms with E-state index < -0.39 is 11.9 Å². The van der Waals surface area contributed by atoms with Gasteiger partial charge in [0, 0.05) is 83.8 Å². The highest BCUT2D eigenvalue weighted by atomic mass is 16.5. The summed E-state index contributed by atoms with van der Waals surface area (Å²) in [5.41, 5.74) is 3.03. The molecule has 0 spiro atoms. The molecule has 10 heteroatoms. The van der Waals surface area contributed by atoms with Gasteiger partial charge in [0.05, 0.1) is 66.0 Å². The molecule has 59 heavy (non-hydrogen) atoms. The lowest BCUT2D eigenvalue weighted by Crippen LogP contribution is -2.84. The van der Waals surface area contributed by atoms with Crippen LogP contribution in [0.3, 0.4) is 0 Å². The van der Waals surface area contributed by atoms with Crippen molar-refractivity contribution in [3.63, 3.8) is 0 Å². The van der Waals surface area contributed by atoms with Gasteiger partial charge in [0.1, 0.15) is 11.5 Å². The first kappa shape index (κ1) is 37.1. The van der Waals surface area contributed by atoms with E-state index >= 15 is 0 Å². The molecule has 6 bridgehead atoms. The summed E-state index contributed by atoms with van der Waals surface area (Å²) in [5, 5.41) is 4.61. The molecule has 3 aromatic carbocycles. The van der Waals surface area contributed by atoms with Gasteiger partial charge in [-0.2, -0.15) is 0 Å². The van der Waals surface area contributed by atoms with Crippen molar-refractivity contribution in [3.8, 4) is 11.5 Å². The molecule has 0 radical (unpaired) electrons. The van der Waals surface area contributed by atoms with Crippen LogP contribution in [0.4, 0.5) is 0 Å². The van der Waals surface area contributed by atoms with Crippen molar-refractivity contribution >= 4 is 33.5 Å². The molecule has 0 N–H and O–H groups in total. The van der Waals surface area contributed by atoms with Crippen LogP contribution in [-0.4, -0.2) is 95.2 Å². The molecular weight excluding hydrogens is 749 g/mol. The fourth-order valence-corrected chi connectivity index (χ4v) is 19.4. The summed E-state index contributed by atoms with van der Waals surface area (Å²) < 4.78 is 49.7. The van der Waals surface area contributed by atoms with Crippen LogP contribution in [0.1, 0.15) is 42.2 Å². The molecule has 7 fully saturated rings. The van der Waals surface area contributed by atoms with Gasteiger partial charge in [-0.05, 0) is 101 Å². The molecule has 9 aliphatic rings. The largest absolute Gasteiger partial charge is 0.496 e. The van der Waals surface area contributed by atoms with Gasteiger partial charge in [0.25, 0.3) is 0 Å². The van der Waals surface area contributed by atoms with Crippen molar-refractivity contribution < 1.29 is 47.5 Å². The predicted octanol–water partition coefficient (Wildman–Crippen LogP) is 6.81. The molecule has 0 saturated heterocycles. The molecule has 7 saturated carbocycles. The smallest absolute Gasteiger partial charge is 0.334 e. The van der Waals surface area contributed by atoms with Gasteiger partial charge in [0.15, 0.2) is 0 Å². The highest BCUT2D eigenvalue weighted by molar-refractivity contribution is 6.06. The van der Waals surface area contributed by atoms with Gasteiger partial charge in [-0.1, -0.05) is 24.3 Å². The SMILES string of the molecule is COC[C@@]12C3C[C@H](C4C3[C@]3(COC)[C@@H]5C[C@@H](C6C(C(=O)OC)=C(C(=O)OC)C65)[C@]43COC)[C@]1(COC)C1C2C2C[C@H]1c1c2c(OC)c2cc3ccccc3cc2c1OC. The summed E-state index contributed by atoms with van der Waals surface area (Å²) in [6, 6.07) is 13.1. The summed E-state index contributed by atoms with van der Waals surface area (Å²) in [7, 11) is 14.0. The summed E-state index contributed by atoms with van der Waals surface area (Å²) in [6.45, 7) is 2.56. The Kier molecular flexibility index (Phi) is 7.56. The topological polar surface area (TPSA) is 108 Å². The first-order valence-corrected chi connectivity index (χ1v) is 21.7. The second-order valence-corrected chi connectivity index (χ2v) is 19.8. The van der Waals surface area contributed by atoms with Crippen LogP contribution < -0.4 is 9.47 Å². The van der Waals surface area contributed by atoms with E-state index in [2.05, 4.69) is 36.4 Å². The van der Waals surface area contributed by atoms with Gasteiger partial charge < -0.3 is 37.9 Å². The van der Waals surface area contributed by atoms with E-state index in [0.717, 1.165) is 41.5 Å². The average molecular weight is 805 g/mol. The van der Waals surface area contributed by atoms with E-state index in [1.807, 2.05) is 42.7 Å². The Morgan fingerprint density at radius 1 is 0.525 bits per heavy atom. The van der Waals surface area contributed by atoms with E-state index in [1.54, 1.807) is 0 Å². The van der Waals surface area contributed by atoms with Crippen LogP contribution >= 0.6 is 0 Å². The first-order chi connectivity index (χ1) is 28.7. The second kappa shape index (κ2) is 12.0. The summed E-state index contributed by atoms with van der Waals surface area (Å²) >= 11 is 0. The Morgan fingerprint density at radius 2 is 0.898 bits per heavy atom. The Morgan fingerprint density at radius 3 is 1.25 bits per heavy atom. The van der Waals surface area contributed by atoms with Crippen LogP contribution in [0.5, 0.6) is 11.5 Å². The van der Waals surface area contributed by atoms with E-state index in [1.165, 1.54) is 36.1 Å². The van der Waals surface area contributed by atoms with Gasteiger partial charge in [-0.25, -0.2) is 9.59 Å². The maximum absolute atomic E-state index is 13.6. The molecule has 0 heterocycles. The van der Waals surface area contributed by atoms with Crippen molar-refractivity contribution in [3.05, 3.63) is 58.7 Å². The highest BCUT2D eigenvalue weighted by Gasteiger charge is 2.98. The quantitative estimate of drug-likeness (QED) is 0.0840. The lowest BCUT2D eigenvalue weighted by molar-refractivity contribution is -0.387. The van der Waals surface area contributed by atoms with Crippen LogP contribution in [0, 0.1) is 80.8 Å². The lowest BCUT2D eigenvalue weighted by atomic mass is 9.20. The van der Waals surface area contributed by atoms with Crippen molar-refractivity contribution in [1.82, 2.24) is 0 Å². The minimum Gasteiger partial charge on any atom is -0.496 e. The van der Waals surface area contributed by atoms with Crippen molar-refractivity contribution in [1.29, 1.82) is 0 Å². The number of carbonyl (C=O) groups is 2. The maximum Gasteiger partial charge on any atom is 0.334 e. The number of methoxy groups -OCH3 is 8. The third-order valence-corrected chi connectivity index (χ3v) is 19.6. The predicted molar refractivity (Wildman–Crippen MR) is 217 cm³/mol. The number of benzene rings is 3. The molecule has 12 rings (SSSR count). The zero-order valence-corrected chi connectivity index (χ0v) is 35.4. The molecule has 0 aromatic heterocycles. The van der Waals surface area contributed by atoms with Crippen molar-refractivity contribution in [2.45, 2.75) is 31.1 Å². The Hall–Kier alpha value is -3.70. The third kappa shape index (κ3) is 3.52. The molecular formula is C49H56O10. The number of hydrogen-bond acceptors (Lipinski definition) is 10. The molecule has 8 unspecified atom stereocenters. The zero-order chi connectivity index (χ0) is 40.7. The molecule has 16 atom stereocenters. The van der Waals surface area contributed by atoms with Gasteiger partial charge in [0.2, 0.25) is 0 Å². The van der Waals surface area contributed by atoms with Crippen LogP contribution in [0.2, 0.25) is 0 Å². The van der Waals surface area contributed by atoms with Gasteiger partial charge >= 0.3 is 11.9 Å². The van der Waals surface area contributed by atoms with Crippen LogP contribution in [-0.2, 0) is 38.0 Å². The number of carbonyl (C=O) groups excluding carboxylic acids is 2. The number of rotatable bonds is 12. The van der Waals surface area contributed by atoms with Crippen molar-refractivity contribution in [2.75, 3.05) is 83.3 Å². The minimum atomic E-state index is -0.407. The highest BCUT2D eigenvalue weighted by Crippen LogP contribution is 2.99. The van der Waals surface area contributed by atoms with Gasteiger partial charge in [-0.15, -0.1) is 0 Å². The van der Waals surface area contributed by atoms with E-state index in [9.17, 15) is 9.59 Å². The Balaban J connectivity index is 1.06. The number of ether oxygens (including phenoxy) is 8. The zero-order valence-electron chi connectivity index (χ0n) is 35.4. The molecule has 3 aromatic rings. The molecule has 9 aliphatic carbocycles. The number of hydrogen-bond donors (Lipinski definition) is 0. The fourth-order valence-electron chi connectivity index (χ4n) is 19.4. The van der Waals surface area contributed by atoms with E-state index in [4.69, 9.17) is 37.9 Å². The summed E-state index contributed by atoms with van der Waals surface area (Å²) in [4.78, 5) is 27.2. The van der Waals surface area contributed by atoms with Crippen molar-refractivity contribution in [2.24, 2.45) is 80.8 Å². The van der Waals surface area contributed by atoms with Crippen LogP contribution in [0.25, 0.3) is 21.5 Å². The van der Waals surface area contributed by atoms with E-state index in [-0.39, 0.29) is 45.3 Å². The van der Waals surface area contributed by atoms with Crippen LogP contribution in [0.15, 0.2) is 47.5 Å². The number of fused-ring (bicyclic) bond motifs is 30. The monoisotopic (exact) mass is 804 g/mol. The van der Waals surface area contributed by atoms with E-state index in [0.29, 0.717) is 84.9 Å². The lowest BCUT2D eigenvalue weighted by Gasteiger charge is -2.83. The summed E-state index contributed by atoms with van der Waals surface area (Å²) in [6.07, 6.45) is 3.11. The Labute approximate surface area is 345 Å². The Bertz CT molecular complexity index is 2250. The number of esters is 2. The minimum absolute atomic E-state index is 0.0616. The maximum atomic E-state index is 13.6. The average Bonchev–Trinajstić information content (AvgIpc) is 4.04. The first-order valence-electron chi connectivity index (χ1n) is 21.7. The molecule has 0 amide bonds. The standard InChI is InChI=1S/C49H56O10/c1-52-18-46-28-16-29(35-34(28)36(44(50)58-7)37(35)45(51)59-8)47(46,19-53-2)41-31-17-30(40(41)46)48(20-54-3)38-26-15-27(39(38)49(31,48)21-55-4)33-32(26)42(56-5)24-13-22-11-9-10-12-23(22)14-25(24)43(33)57-6/h9-14,26-31,34-35,38-41H,15-21H2,1-8H3/t26-,27?,28-,29+,30+,31?,34?,35?,38?,39?,40?,41?,46+,47-,48+,49-/m0/s1. The summed E-state index contributed by atoms with van der Waals surface area (Å²) in [5.74, 6) is 4.23. The third-order valence-electron chi connectivity index (χ3n) is 19.6. The molecule has 0 aliphatic heterocycles. The molecule has 312 valence electrons. The fraction of sp³-hybridized carbons (Fsp3) is 0.633. The van der Waals surface area contributed by atoms with Gasteiger partial charge in [-0.3, -0.25) is 0 Å².